The van der Waals surface area contributed by atoms with Gasteiger partial charge in [0, 0.05) is 30.1 Å². The molecular weight excluding hydrogens is 402 g/mol. The number of carbonyl (C=O) groups excluding carboxylic acids is 1. The summed E-state index contributed by atoms with van der Waals surface area (Å²) in [7, 11) is 3.25. The van der Waals surface area contributed by atoms with Crippen LogP contribution in [0.2, 0.25) is 0 Å². The number of anilines is 2. The third kappa shape index (κ3) is 3.58. The van der Waals surface area contributed by atoms with Crippen molar-refractivity contribution in [3.8, 4) is 11.5 Å². The van der Waals surface area contributed by atoms with Crippen LogP contribution in [0.1, 0.15) is 35.9 Å². The Morgan fingerprint density at radius 2 is 1.72 bits per heavy atom. The van der Waals surface area contributed by atoms with Crippen LogP contribution in [0, 0.1) is 0 Å². The SMILES string of the molecule is COc1ccc(C2CC(=O)C3=C(C2)Nc2ccccc2NC3c2cccnc2)cc1OC. The molecule has 0 spiro atoms. The number of hydrogen-bond acceptors (Lipinski definition) is 6. The summed E-state index contributed by atoms with van der Waals surface area (Å²) in [4.78, 5) is 17.9. The van der Waals surface area contributed by atoms with Gasteiger partial charge in [0.15, 0.2) is 17.3 Å². The second kappa shape index (κ2) is 8.38. The highest BCUT2D eigenvalue weighted by atomic mass is 16.5. The van der Waals surface area contributed by atoms with E-state index in [1.165, 1.54) is 0 Å². The predicted molar refractivity (Wildman–Crippen MR) is 124 cm³/mol. The molecule has 1 aromatic heterocycles. The highest BCUT2D eigenvalue weighted by molar-refractivity contribution is 6.01. The fourth-order valence-electron chi connectivity index (χ4n) is 4.63. The number of allylic oxidation sites excluding steroid dienone is 1. The quantitative estimate of drug-likeness (QED) is 0.605. The largest absolute Gasteiger partial charge is 0.493 e. The van der Waals surface area contributed by atoms with E-state index in [0.717, 1.165) is 40.2 Å². The molecule has 2 N–H and O–H groups in total. The van der Waals surface area contributed by atoms with Gasteiger partial charge in [0.05, 0.1) is 31.6 Å². The molecule has 6 heteroatoms. The van der Waals surface area contributed by atoms with Crippen molar-refractivity contribution in [3.05, 3.63) is 89.4 Å². The third-order valence-corrected chi connectivity index (χ3v) is 6.21. The summed E-state index contributed by atoms with van der Waals surface area (Å²) in [5.41, 5.74) is 5.70. The van der Waals surface area contributed by atoms with Gasteiger partial charge in [-0.05, 0) is 53.8 Å². The lowest BCUT2D eigenvalue weighted by Gasteiger charge is -2.30. The molecule has 0 amide bonds. The molecule has 2 aliphatic rings. The molecule has 2 aromatic carbocycles. The van der Waals surface area contributed by atoms with Crippen LogP contribution >= 0.6 is 0 Å². The summed E-state index contributed by atoms with van der Waals surface area (Å²) in [6.07, 6.45) is 4.73. The number of nitrogens with one attached hydrogen (secondary N) is 2. The fraction of sp³-hybridized carbons (Fsp3) is 0.231. The summed E-state index contributed by atoms with van der Waals surface area (Å²) >= 11 is 0. The molecule has 0 bridgehead atoms. The number of aromatic nitrogens is 1. The van der Waals surface area contributed by atoms with Gasteiger partial charge in [-0.2, -0.15) is 0 Å². The van der Waals surface area contributed by atoms with Crippen LogP contribution in [-0.2, 0) is 4.79 Å². The molecule has 1 aliphatic carbocycles. The Balaban J connectivity index is 1.57. The van der Waals surface area contributed by atoms with E-state index in [9.17, 15) is 4.79 Å². The fourth-order valence-corrected chi connectivity index (χ4v) is 4.63. The van der Waals surface area contributed by atoms with Gasteiger partial charge in [0.2, 0.25) is 0 Å². The van der Waals surface area contributed by atoms with Crippen molar-refractivity contribution in [3.63, 3.8) is 0 Å². The Bertz CT molecular complexity index is 1190. The number of methoxy groups -OCH3 is 2. The maximum Gasteiger partial charge on any atom is 0.163 e. The van der Waals surface area contributed by atoms with Crippen molar-refractivity contribution < 1.29 is 14.3 Å². The normalized spacial score (nSPS) is 19.8. The number of fused-ring (bicyclic) bond motifs is 1. The number of benzene rings is 2. The first-order valence-electron chi connectivity index (χ1n) is 10.7. The lowest BCUT2D eigenvalue weighted by molar-refractivity contribution is -0.116. The summed E-state index contributed by atoms with van der Waals surface area (Å²) in [5.74, 6) is 1.54. The first-order chi connectivity index (χ1) is 15.7. The van der Waals surface area contributed by atoms with E-state index >= 15 is 0 Å². The molecule has 32 heavy (non-hydrogen) atoms. The van der Waals surface area contributed by atoms with Crippen molar-refractivity contribution in [1.82, 2.24) is 4.98 Å². The molecular formula is C26H25N3O3. The van der Waals surface area contributed by atoms with Crippen LogP contribution in [0.5, 0.6) is 11.5 Å². The predicted octanol–water partition coefficient (Wildman–Crippen LogP) is 5.08. The second-order valence-electron chi connectivity index (χ2n) is 8.07. The molecule has 0 radical (unpaired) electrons. The highest BCUT2D eigenvalue weighted by Gasteiger charge is 2.36. The van der Waals surface area contributed by atoms with Crippen LogP contribution in [0.15, 0.2) is 78.3 Å². The van der Waals surface area contributed by atoms with E-state index in [4.69, 9.17) is 9.47 Å². The Morgan fingerprint density at radius 3 is 2.47 bits per heavy atom. The molecule has 1 aliphatic heterocycles. The molecule has 5 rings (SSSR count). The summed E-state index contributed by atoms with van der Waals surface area (Å²) < 4.78 is 10.9. The topological polar surface area (TPSA) is 72.5 Å². The third-order valence-electron chi connectivity index (χ3n) is 6.21. The number of para-hydroxylation sites is 2. The van der Waals surface area contributed by atoms with Gasteiger partial charge in [-0.15, -0.1) is 0 Å². The standard InChI is InChI=1S/C26H25N3O3/c1-31-23-10-9-16(14-24(23)32-2)18-12-21-25(22(30)13-18)26(17-6-5-11-27-15-17)29-20-8-4-3-7-19(20)28-21/h3-11,14-15,18,26,28-29H,12-13H2,1-2H3. The number of rotatable bonds is 4. The van der Waals surface area contributed by atoms with E-state index in [0.29, 0.717) is 17.9 Å². The Kier molecular flexibility index (Phi) is 5.27. The minimum atomic E-state index is -0.256. The van der Waals surface area contributed by atoms with Gasteiger partial charge >= 0.3 is 0 Å². The van der Waals surface area contributed by atoms with E-state index < -0.39 is 0 Å². The molecule has 2 atom stereocenters. The van der Waals surface area contributed by atoms with Crippen LogP contribution in [0.3, 0.4) is 0 Å². The minimum Gasteiger partial charge on any atom is -0.493 e. The molecule has 0 fully saturated rings. The first kappa shape index (κ1) is 20.1. The van der Waals surface area contributed by atoms with Gasteiger partial charge in [-0.3, -0.25) is 9.78 Å². The summed E-state index contributed by atoms with van der Waals surface area (Å²) in [6, 6.07) is 17.6. The zero-order valence-corrected chi connectivity index (χ0v) is 18.1. The molecule has 2 heterocycles. The van der Waals surface area contributed by atoms with Crippen LogP contribution in [-0.4, -0.2) is 25.0 Å². The van der Waals surface area contributed by atoms with Crippen LogP contribution < -0.4 is 20.1 Å². The molecule has 2 unspecified atom stereocenters. The Hall–Kier alpha value is -3.80. The summed E-state index contributed by atoms with van der Waals surface area (Å²) in [6.45, 7) is 0. The van der Waals surface area contributed by atoms with Crippen molar-refractivity contribution in [2.24, 2.45) is 0 Å². The Labute approximate surface area is 187 Å². The smallest absolute Gasteiger partial charge is 0.163 e. The number of ketones is 1. The first-order valence-corrected chi connectivity index (χ1v) is 10.7. The zero-order valence-electron chi connectivity index (χ0n) is 18.1. The molecule has 0 saturated carbocycles. The zero-order chi connectivity index (χ0) is 22.1. The molecule has 6 nitrogen and oxygen atoms in total. The van der Waals surface area contributed by atoms with E-state index in [1.807, 2.05) is 60.8 Å². The molecule has 162 valence electrons. The van der Waals surface area contributed by atoms with Gasteiger partial charge in [-0.1, -0.05) is 24.3 Å². The van der Waals surface area contributed by atoms with Gasteiger partial charge < -0.3 is 20.1 Å². The molecule has 0 saturated heterocycles. The summed E-state index contributed by atoms with van der Waals surface area (Å²) in [5, 5.41) is 7.14. The maximum absolute atomic E-state index is 13.6. The minimum absolute atomic E-state index is 0.0494. The van der Waals surface area contributed by atoms with Gasteiger partial charge in [-0.25, -0.2) is 0 Å². The van der Waals surface area contributed by atoms with Crippen molar-refractivity contribution in [1.29, 1.82) is 0 Å². The van der Waals surface area contributed by atoms with E-state index in [2.05, 4.69) is 15.6 Å². The number of Topliss-reactive ketones (excluding diaryl/α,β-unsaturated/α-hetero) is 1. The maximum atomic E-state index is 13.6. The lowest BCUT2D eigenvalue weighted by Crippen LogP contribution is -2.27. The van der Waals surface area contributed by atoms with Gasteiger partial charge in [0.25, 0.3) is 0 Å². The average molecular weight is 428 g/mol. The Morgan fingerprint density at radius 1 is 0.906 bits per heavy atom. The van der Waals surface area contributed by atoms with Gasteiger partial charge in [0.1, 0.15) is 0 Å². The highest BCUT2D eigenvalue weighted by Crippen LogP contribution is 2.45. The lowest BCUT2D eigenvalue weighted by atomic mass is 9.78. The average Bonchev–Trinajstić information content (AvgIpc) is 3.01. The second-order valence-corrected chi connectivity index (χ2v) is 8.07. The van der Waals surface area contributed by atoms with Crippen molar-refractivity contribution >= 4 is 17.2 Å². The number of carbonyl (C=O) groups is 1. The number of ether oxygens (including phenoxy) is 2. The number of nitrogens with zero attached hydrogens (tertiary/aromatic N) is 1. The van der Waals surface area contributed by atoms with Crippen LogP contribution in [0.25, 0.3) is 0 Å². The molecule has 3 aromatic rings. The van der Waals surface area contributed by atoms with Crippen molar-refractivity contribution in [2.75, 3.05) is 24.9 Å². The van der Waals surface area contributed by atoms with Crippen LogP contribution in [0.4, 0.5) is 11.4 Å². The van der Waals surface area contributed by atoms with Crippen molar-refractivity contribution in [2.45, 2.75) is 24.8 Å². The monoisotopic (exact) mass is 427 g/mol. The number of pyridine rings is 1. The van der Waals surface area contributed by atoms with E-state index in [-0.39, 0.29) is 17.7 Å². The van der Waals surface area contributed by atoms with E-state index in [1.54, 1.807) is 20.4 Å². The number of hydrogen-bond donors (Lipinski definition) is 2.